The van der Waals surface area contributed by atoms with E-state index in [0.717, 1.165) is 0 Å². The van der Waals surface area contributed by atoms with Crippen LogP contribution in [0.4, 0.5) is 17.7 Å². The van der Waals surface area contributed by atoms with Gasteiger partial charge in [0.25, 0.3) is 0 Å². The van der Waals surface area contributed by atoms with Gasteiger partial charge in [0.05, 0.1) is 5.75 Å². The molecule has 0 fully saturated rings. The maximum absolute atomic E-state index is 11.8. The van der Waals surface area contributed by atoms with Crippen molar-refractivity contribution in [2.75, 3.05) is 35.8 Å². The van der Waals surface area contributed by atoms with Gasteiger partial charge in [-0.1, -0.05) is 5.16 Å². The third-order valence-electron chi connectivity index (χ3n) is 2.69. The van der Waals surface area contributed by atoms with Crippen molar-refractivity contribution in [3.05, 3.63) is 17.7 Å². The average Bonchev–Trinajstić information content (AvgIpc) is 2.88. The number of amides is 1. The monoisotopic (exact) mass is 337 g/mol. The molecule has 0 spiro atoms. The van der Waals surface area contributed by atoms with Gasteiger partial charge in [0.2, 0.25) is 17.8 Å². The molecule has 0 saturated carbocycles. The number of nitrogens with one attached hydrogen (secondary N) is 1. The van der Waals surface area contributed by atoms with E-state index in [0.29, 0.717) is 41.3 Å². The number of thioether (sulfide) groups is 1. The van der Waals surface area contributed by atoms with E-state index in [9.17, 15) is 4.79 Å². The van der Waals surface area contributed by atoms with Crippen molar-refractivity contribution >= 4 is 35.4 Å². The van der Waals surface area contributed by atoms with Crippen LogP contribution in [0.1, 0.15) is 18.0 Å². The number of carbonyl (C=O) groups is 1. The number of nitrogens with two attached hydrogens (primary N) is 1. The first-order valence-electron chi connectivity index (χ1n) is 6.92. The molecule has 0 aliphatic heterocycles. The highest BCUT2D eigenvalue weighted by atomic mass is 32.2. The van der Waals surface area contributed by atoms with Crippen LogP contribution >= 0.6 is 11.8 Å². The predicted molar refractivity (Wildman–Crippen MR) is 89.2 cm³/mol. The Morgan fingerprint density at radius 2 is 2.17 bits per heavy atom. The van der Waals surface area contributed by atoms with Crippen LogP contribution in [0.15, 0.2) is 10.6 Å². The third-order valence-corrected chi connectivity index (χ3v) is 3.64. The molecule has 0 aliphatic carbocycles. The van der Waals surface area contributed by atoms with Gasteiger partial charge in [0, 0.05) is 32.3 Å². The van der Waals surface area contributed by atoms with Crippen LogP contribution in [-0.2, 0) is 10.5 Å². The zero-order chi connectivity index (χ0) is 16.8. The fraction of sp³-hybridized carbons (Fsp3) is 0.462. The smallest absolute Gasteiger partial charge is 0.229 e. The maximum Gasteiger partial charge on any atom is 0.229 e. The minimum absolute atomic E-state index is 0.116. The van der Waals surface area contributed by atoms with Crippen LogP contribution in [0.3, 0.4) is 0 Å². The molecule has 0 bridgehead atoms. The zero-order valence-corrected chi connectivity index (χ0v) is 14.1. The van der Waals surface area contributed by atoms with Crippen LogP contribution in [0.25, 0.3) is 0 Å². The number of aromatic nitrogens is 4. The van der Waals surface area contributed by atoms with Crippen molar-refractivity contribution in [3.63, 3.8) is 0 Å². The van der Waals surface area contributed by atoms with Crippen molar-refractivity contribution in [3.8, 4) is 0 Å². The summed E-state index contributed by atoms with van der Waals surface area (Å²) in [4.78, 5) is 25.9. The summed E-state index contributed by atoms with van der Waals surface area (Å²) in [7, 11) is 3.67. The molecule has 0 aliphatic rings. The van der Waals surface area contributed by atoms with E-state index in [4.69, 9.17) is 10.3 Å². The molecule has 0 atom stereocenters. The topological polar surface area (TPSA) is 123 Å². The van der Waals surface area contributed by atoms with Crippen LogP contribution in [-0.4, -0.2) is 45.9 Å². The fourth-order valence-corrected chi connectivity index (χ4v) is 2.43. The molecule has 0 aromatic carbocycles. The number of anilines is 3. The molecule has 23 heavy (non-hydrogen) atoms. The number of hydrogen-bond donors (Lipinski definition) is 2. The van der Waals surface area contributed by atoms with E-state index in [1.807, 2.05) is 14.1 Å². The minimum atomic E-state index is -0.116. The molecule has 9 nitrogen and oxygen atoms in total. The van der Waals surface area contributed by atoms with Crippen LogP contribution < -0.4 is 16.0 Å². The fourth-order valence-electron chi connectivity index (χ4n) is 1.65. The van der Waals surface area contributed by atoms with Gasteiger partial charge in [-0.3, -0.25) is 4.79 Å². The van der Waals surface area contributed by atoms with Crippen molar-refractivity contribution < 1.29 is 9.32 Å². The lowest BCUT2D eigenvalue weighted by Gasteiger charge is -2.11. The Bertz CT molecular complexity index is 674. The van der Waals surface area contributed by atoms with E-state index in [1.54, 1.807) is 29.7 Å². The van der Waals surface area contributed by atoms with Gasteiger partial charge in [-0.2, -0.15) is 26.7 Å². The van der Waals surface area contributed by atoms with E-state index in [1.165, 1.54) is 0 Å². The van der Waals surface area contributed by atoms with E-state index < -0.39 is 0 Å². The van der Waals surface area contributed by atoms with Crippen LogP contribution in [0, 0.1) is 6.92 Å². The van der Waals surface area contributed by atoms with Gasteiger partial charge in [-0.25, -0.2) is 0 Å². The lowest BCUT2D eigenvalue weighted by molar-refractivity contribution is -0.115. The average molecular weight is 337 g/mol. The van der Waals surface area contributed by atoms with Crippen molar-refractivity contribution in [2.24, 2.45) is 0 Å². The minimum Gasteiger partial charge on any atom is -0.368 e. The van der Waals surface area contributed by atoms with Crippen molar-refractivity contribution in [1.82, 2.24) is 20.1 Å². The van der Waals surface area contributed by atoms with Gasteiger partial charge >= 0.3 is 0 Å². The standard InChI is InChI=1S/C13H19N7O2S/c1-8-6-9(19-22-8)15-11(21)4-5-23-7-10-16-12(14)18-13(17-10)20(2)3/h6H,4-5,7H2,1-3H3,(H,15,19,21)(H2,14,16,17,18). The highest BCUT2D eigenvalue weighted by molar-refractivity contribution is 7.98. The SMILES string of the molecule is Cc1cc(NC(=O)CCSCc2nc(N)nc(N(C)C)n2)no1. The molecule has 2 rings (SSSR count). The molecule has 3 N–H and O–H groups in total. The molecule has 2 aromatic rings. The summed E-state index contributed by atoms with van der Waals surface area (Å²) in [6, 6.07) is 1.67. The number of nitrogen functional groups attached to an aromatic ring is 1. The molecule has 10 heteroatoms. The molecule has 1 amide bonds. The molecule has 0 saturated heterocycles. The van der Waals surface area contributed by atoms with Gasteiger partial charge in [-0.05, 0) is 6.92 Å². The summed E-state index contributed by atoms with van der Waals surface area (Å²) in [5.74, 6) is 3.46. The number of aryl methyl sites for hydroxylation is 1. The first kappa shape index (κ1) is 17.0. The van der Waals surface area contributed by atoms with Crippen LogP contribution in [0.2, 0.25) is 0 Å². The molecular weight excluding hydrogens is 318 g/mol. The second-order valence-electron chi connectivity index (χ2n) is 4.98. The molecule has 0 radical (unpaired) electrons. The molecule has 2 aromatic heterocycles. The third kappa shape index (κ3) is 5.40. The molecule has 124 valence electrons. The predicted octanol–water partition coefficient (Wildman–Crippen LogP) is 1.08. The Kier molecular flexibility index (Phi) is 5.74. The second kappa shape index (κ2) is 7.77. The second-order valence-corrected chi connectivity index (χ2v) is 6.08. The quantitative estimate of drug-likeness (QED) is 0.714. The molecular formula is C13H19N7O2S. The highest BCUT2D eigenvalue weighted by Crippen LogP contribution is 2.14. The Hall–Kier alpha value is -2.36. The summed E-state index contributed by atoms with van der Waals surface area (Å²) in [6.07, 6.45) is 0.359. The van der Waals surface area contributed by atoms with Crippen molar-refractivity contribution in [2.45, 2.75) is 19.1 Å². The van der Waals surface area contributed by atoms with E-state index in [2.05, 4.69) is 25.4 Å². The first-order valence-corrected chi connectivity index (χ1v) is 8.08. The number of hydrogen-bond acceptors (Lipinski definition) is 9. The van der Waals surface area contributed by atoms with E-state index in [-0.39, 0.29) is 11.9 Å². The van der Waals surface area contributed by atoms with Crippen molar-refractivity contribution in [1.29, 1.82) is 0 Å². The summed E-state index contributed by atoms with van der Waals surface area (Å²) >= 11 is 1.55. The summed E-state index contributed by atoms with van der Waals surface area (Å²) in [5.41, 5.74) is 5.66. The lowest BCUT2D eigenvalue weighted by Crippen LogP contribution is -2.16. The normalized spacial score (nSPS) is 10.6. The van der Waals surface area contributed by atoms with Gasteiger partial charge in [0.15, 0.2) is 5.82 Å². The Balaban J connectivity index is 1.76. The van der Waals surface area contributed by atoms with Crippen LogP contribution in [0.5, 0.6) is 0 Å². The summed E-state index contributed by atoms with van der Waals surface area (Å²) < 4.78 is 4.88. The number of carbonyl (C=O) groups excluding carboxylic acids is 1. The largest absolute Gasteiger partial charge is 0.368 e. The Morgan fingerprint density at radius 1 is 1.39 bits per heavy atom. The van der Waals surface area contributed by atoms with Gasteiger partial charge in [0.1, 0.15) is 11.6 Å². The summed E-state index contributed by atoms with van der Waals surface area (Å²) in [5, 5.41) is 6.38. The van der Waals surface area contributed by atoms with E-state index >= 15 is 0 Å². The molecule has 0 unspecified atom stereocenters. The van der Waals surface area contributed by atoms with Gasteiger partial charge in [-0.15, -0.1) is 0 Å². The maximum atomic E-state index is 11.8. The lowest BCUT2D eigenvalue weighted by atomic mass is 10.4. The Morgan fingerprint density at radius 3 is 2.83 bits per heavy atom. The number of nitrogens with zero attached hydrogens (tertiary/aromatic N) is 5. The van der Waals surface area contributed by atoms with Gasteiger partial charge < -0.3 is 20.5 Å². The summed E-state index contributed by atoms with van der Waals surface area (Å²) in [6.45, 7) is 1.76. The first-order chi connectivity index (χ1) is 10.9. The molecule has 2 heterocycles. The Labute approximate surface area is 138 Å². The highest BCUT2D eigenvalue weighted by Gasteiger charge is 2.08. The number of rotatable bonds is 7. The zero-order valence-electron chi connectivity index (χ0n) is 13.2.